The van der Waals surface area contributed by atoms with Crippen molar-refractivity contribution < 1.29 is 22.8 Å². The Bertz CT molecular complexity index is 763. The number of nitrogens with zero attached hydrogens (tertiary/aromatic N) is 1. The van der Waals surface area contributed by atoms with Crippen molar-refractivity contribution in [2.75, 3.05) is 0 Å². The highest BCUT2D eigenvalue weighted by atomic mass is 19.4. The number of primary amides is 1. The van der Waals surface area contributed by atoms with Crippen LogP contribution in [0.1, 0.15) is 28.5 Å². The molecule has 24 heavy (non-hydrogen) atoms. The number of pyridine rings is 1. The third kappa shape index (κ3) is 3.53. The van der Waals surface area contributed by atoms with E-state index in [9.17, 15) is 22.8 Å². The first-order valence-corrected chi connectivity index (χ1v) is 6.86. The van der Waals surface area contributed by atoms with Gasteiger partial charge in [-0.2, -0.15) is 13.2 Å². The van der Waals surface area contributed by atoms with Crippen molar-refractivity contribution in [2.45, 2.75) is 18.6 Å². The van der Waals surface area contributed by atoms with E-state index in [0.717, 1.165) is 18.2 Å². The second-order valence-corrected chi connectivity index (χ2v) is 5.24. The molecule has 0 saturated heterocycles. The standard InChI is InChI=1S/C16H14F3N3O2/c1-15(14(20)24,22-13(23)12-7-2-3-8-21-12)10-5-4-6-11(9-10)16(17,18)19/h2-9H,1H3,(H2,20,24)(H,22,23). The van der Waals surface area contributed by atoms with Crippen LogP contribution in [0.25, 0.3) is 0 Å². The second kappa shape index (κ2) is 6.31. The zero-order valence-corrected chi connectivity index (χ0v) is 12.6. The summed E-state index contributed by atoms with van der Waals surface area (Å²) in [5, 5.41) is 2.36. The number of carbonyl (C=O) groups excluding carboxylic acids is 2. The molecule has 1 unspecified atom stereocenters. The highest BCUT2D eigenvalue weighted by Crippen LogP contribution is 2.32. The number of hydrogen-bond donors (Lipinski definition) is 2. The van der Waals surface area contributed by atoms with Crippen LogP contribution in [0.2, 0.25) is 0 Å². The Kier molecular flexibility index (Phi) is 4.59. The van der Waals surface area contributed by atoms with E-state index in [-0.39, 0.29) is 11.3 Å². The topological polar surface area (TPSA) is 85.1 Å². The van der Waals surface area contributed by atoms with E-state index in [4.69, 9.17) is 5.73 Å². The van der Waals surface area contributed by atoms with Gasteiger partial charge in [0, 0.05) is 6.20 Å². The van der Waals surface area contributed by atoms with Crippen LogP contribution in [0.3, 0.4) is 0 Å². The lowest BCUT2D eigenvalue weighted by Crippen LogP contribution is -2.53. The molecule has 2 amide bonds. The van der Waals surface area contributed by atoms with Crippen molar-refractivity contribution in [3.63, 3.8) is 0 Å². The third-order valence-corrected chi connectivity index (χ3v) is 3.52. The van der Waals surface area contributed by atoms with Crippen LogP contribution in [-0.2, 0) is 16.5 Å². The molecule has 0 bridgehead atoms. The number of carbonyl (C=O) groups is 2. The quantitative estimate of drug-likeness (QED) is 0.897. The minimum Gasteiger partial charge on any atom is -0.367 e. The van der Waals surface area contributed by atoms with Gasteiger partial charge >= 0.3 is 6.18 Å². The minimum atomic E-state index is -4.58. The molecule has 3 N–H and O–H groups in total. The zero-order chi connectivity index (χ0) is 18.0. The normalized spacial score (nSPS) is 13.8. The van der Waals surface area contributed by atoms with E-state index in [1.54, 1.807) is 12.1 Å². The van der Waals surface area contributed by atoms with Gasteiger partial charge in [-0.15, -0.1) is 0 Å². The van der Waals surface area contributed by atoms with E-state index in [2.05, 4.69) is 10.3 Å². The van der Waals surface area contributed by atoms with Gasteiger partial charge in [0.25, 0.3) is 5.91 Å². The molecular weight excluding hydrogens is 323 g/mol. The maximum absolute atomic E-state index is 12.9. The Morgan fingerprint density at radius 3 is 2.29 bits per heavy atom. The molecule has 0 spiro atoms. The molecule has 0 aliphatic carbocycles. The maximum atomic E-state index is 12.9. The molecule has 0 radical (unpaired) electrons. The van der Waals surface area contributed by atoms with E-state index >= 15 is 0 Å². The van der Waals surface area contributed by atoms with E-state index in [1.807, 2.05) is 0 Å². The Morgan fingerprint density at radius 1 is 1.08 bits per heavy atom. The Hall–Kier alpha value is -2.90. The van der Waals surface area contributed by atoms with Crippen molar-refractivity contribution in [1.29, 1.82) is 0 Å². The summed E-state index contributed by atoms with van der Waals surface area (Å²) in [6.45, 7) is 1.24. The highest BCUT2D eigenvalue weighted by molar-refractivity contribution is 5.97. The number of aromatic nitrogens is 1. The van der Waals surface area contributed by atoms with Gasteiger partial charge in [-0.1, -0.05) is 18.2 Å². The molecule has 0 aliphatic heterocycles. The van der Waals surface area contributed by atoms with Crippen molar-refractivity contribution in [2.24, 2.45) is 5.73 Å². The van der Waals surface area contributed by atoms with Crippen LogP contribution >= 0.6 is 0 Å². The number of amides is 2. The first-order valence-electron chi connectivity index (χ1n) is 6.86. The predicted molar refractivity (Wildman–Crippen MR) is 79.7 cm³/mol. The smallest absolute Gasteiger partial charge is 0.367 e. The second-order valence-electron chi connectivity index (χ2n) is 5.24. The summed E-state index contributed by atoms with van der Waals surface area (Å²) in [6.07, 6.45) is -3.21. The van der Waals surface area contributed by atoms with Crippen LogP contribution in [0.5, 0.6) is 0 Å². The molecule has 8 heteroatoms. The van der Waals surface area contributed by atoms with Crippen molar-refractivity contribution >= 4 is 11.8 Å². The average molecular weight is 337 g/mol. The molecule has 1 atom stereocenters. The number of alkyl halides is 3. The lowest BCUT2D eigenvalue weighted by molar-refractivity contribution is -0.137. The average Bonchev–Trinajstić information content (AvgIpc) is 2.54. The fraction of sp³-hybridized carbons (Fsp3) is 0.188. The largest absolute Gasteiger partial charge is 0.416 e. The molecule has 1 aromatic heterocycles. The third-order valence-electron chi connectivity index (χ3n) is 3.52. The van der Waals surface area contributed by atoms with Gasteiger partial charge in [0.2, 0.25) is 5.91 Å². The molecule has 0 saturated carbocycles. The molecule has 2 rings (SSSR count). The van der Waals surface area contributed by atoms with Crippen molar-refractivity contribution in [3.8, 4) is 0 Å². The lowest BCUT2D eigenvalue weighted by atomic mass is 9.89. The Balaban J connectivity index is 2.41. The van der Waals surface area contributed by atoms with E-state index < -0.39 is 29.1 Å². The summed E-state index contributed by atoms with van der Waals surface area (Å²) in [5.41, 5.74) is 2.50. The van der Waals surface area contributed by atoms with Crippen LogP contribution in [0, 0.1) is 0 Å². The van der Waals surface area contributed by atoms with Gasteiger partial charge in [0.05, 0.1) is 5.56 Å². The number of hydrogen-bond acceptors (Lipinski definition) is 3. The number of nitrogens with one attached hydrogen (secondary N) is 1. The lowest BCUT2D eigenvalue weighted by Gasteiger charge is -2.28. The van der Waals surface area contributed by atoms with Crippen molar-refractivity contribution in [3.05, 3.63) is 65.5 Å². The molecule has 0 fully saturated rings. The van der Waals surface area contributed by atoms with Crippen LogP contribution in [0.15, 0.2) is 48.7 Å². The summed E-state index contributed by atoms with van der Waals surface area (Å²) in [6, 6.07) is 8.65. The van der Waals surface area contributed by atoms with Gasteiger partial charge in [0.15, 0.2) is 0 Å². The summed E-state index contributed by atoms with van der Waals surface area (Å²) >= 11 is 0. The van der Waals surface area contributed by atoms with Gasteiger partial charge in [0.1, 0.15) is 11.2 Å². The maximum Gasteiger partial charge on any atom is 0.416 e. The number of rotatable bonds is 4. The van der Waals surface area contributed by atoms with Crippen LogP contribution in [-0.4, -0.2) is 16.8 Å². The van der Waals surface area contributed by atoms with Gasteiger partial charge < -0.3 is 11.1 Å². The highest BCUT2D eigenvalue weighted by Gasteiger charge is 2.38. The number of nitrogens with two attached hydrogens (primary N) is 1. The van der Waals surface area contributed by atoms with E-state index in [0.29, 0.717) is 0 Å². The van der Waals surface area contributed by atoms with E-state index in [1.165, 1.54) is 25.3 Å². The Morgan fingerprint density at radius 2 is 1.75 bits per heavy atom. The molecule has 1 heterocycles. The minimum absolute atomic E-state index is 0.0111. The summed E-state index contributed by atoms with van der Waals surface area (Å²) in [7, 11) is 0. The molecule has 0 aliphatic rings. The molecule has 126 valence electrons. The monoisotopic (exact) mass is 337 g/mol. The number of benzene rings is 1. The summed E-state index contributed by atoms with van der Waals surface area (Å²) in [5.74, 6) is -1.72. The fourth-order valence-corrected chi connectivity index (χ4v) is 2.07. The number of halogens is 3. The molecule has 2 aromatic rings. The SMILES string of the molecule is CC(NC(=O)c1ccccn1)(C(N)=O)c1cccc(C(F)(F)F)c1. The zero-order valence-electron chi connectivity index (χ0n) is 12.6. The molecular formula is C16H14F3N3O2. The Labute approximate surface area is 135 Å². The molecule has 5 nitrogen and oxygen atoms in total. The van der Waals surface area contributed by atoms with Crippen molar-refractivity contribution in [1.82, 2.24) is 10.3 Å². The first kappa shape index (κ1) is 17.5. The van der Waals surface area contributed by atoms with Crippen LogP contribution < -0.4 is 11.1 Å². The predicted octanol–water partition coefficient (Wildman–Crippen LogP) is 2.23. The summed E-state index contributed by atoms with van der Waals surface area (Å²) < 4.78 is 38.6. The first-order chi connectivity index (χ1) is 11.1. The molecule has 1 aromatic carbocycles. The van der Waals surface area contributed by atoms with Gasteiger partial charge in [-0.25, -0.2) is 0 Å². The summed E-state index contributed by atoms with van der Waals surface area (Å²) in [4.78, 5) is 27.9. The van der Waals surface area contributed by atoms with Gasteiger partial charge in [-0.3, -0.25) is 14.6 Å². The fourth-order valence-electron chi connectivity index (χ4n) is 2.07. The van der Waals surface area contributed by atoms with Crippen LogP contribution in [0.4, 0.5) is 13.2 Å². The van der Waals surface area contributed by atoms with Gasteiger partial charge in [-0.05, 0) is 36.8 Å².